The standard InChI is InChI=1S/C19H17NO2/c1-2-20(19(21)22-16-11-4-3-5-12-16)18-14-8-10-15-9-6-7-13-17(15)18/h3-14H,2H2,1H3. The van der Waals surface area contributed by atoms with Gasteiger partial charge in [-0.15, -0.1) is 0 Å². The first-order valence-electron chi connectivity index (χ1n) is 7.31. The predicted molar refractivity (Wildman–Crippen MR) is 89.4 cm³/mol. The van der Waals surface area contributed by atoms with Gasteiger partial charge in [-0.3, -0.25) is 4.90 Å². The van der Waals surface area contributed by atoms with Crippen molar-refractivity contribution in [2.75, 3.05) is 11.4 Å². The van der Waals surface area contributed by atoms with Crippen LogP contribution in [0.4, 0.5) is 10.5 Å². The summed E-state index contributed by atoms with van der Waals surface area (Å²) in [5, 5.41) is 2.14. The minimum atomic E-state index is -0.370. The van der Waals surface area contributed by atoms with Gasteiger partial charge in [0.15, 0.2) is 0 Å². The largest absolute Gasteiger partial charge is 0.419 e. The quantitative estimate of drug-likeness (QED) is 0.689. The van der Waals surface area contributed by atoms with Crippen LogP contribution in [0.15, 0.2) is 72.8 Å². The van der Waals surface area contributed by atoms with Crippen molar-refractivity contribution in [2.24, 2.45) is 0 Å². The van der Waals surface area contributed by atoms with Crippen molar-refractivity contribution in [1.82, 2.24) is 0 Å². The molecule has 0 spiro atoms. The highest BCUT2D eigenvalue weighted by Gasteiger charge is 2.18. The monoisotopic (exact) mass is 291 g/mol. The van der Waals surface area contributed by atoms with Crippen LogP contribution >= 0.6 is 0 Å². The third-order valence-corrected chi connectivity index (χ3v) is 3.54. The van der Waals surface area contributed by atoms with Crippen LogP contribution in [0.3, 0.4) is 0 Å². The summed E-state index contributed by atoms with van der Waals surface area (Å²) >= 11 is 0. The van der Waals surface area contributed by atoms with Gasteiger partial charge in [0.25, 0.3) is 0 Å². The molecule has 0 N–H and O–H groups in total. The highest BCUT2D eigenvalue weighted by Crippen LogP contribution is 2.27. The molecule has 3 aromatic carbocycles. The van der Waals surface area contributed by atoms with E-state index in [1.165, 1.54) is 0 Å². The van der Waals surface area contributed by atoms with E-state index in [0.717, 1.165) is 16.5 Å². The third-order valence-electron chi connectivity index (χ3n) is 3.54. The molecule has 0 saturated carbocycles. The van der Waals surface area contributed by atoms with Crippen LogP contribution in [0.5, 0.6) is 5.75 Å². The fourth-order valence-electron chi connectivity index (χ4n) is 2.49. The number of rotatable bonds is 3. The molecule has 22 heavy (non-hydrogen) atoms. The summed E-state index contributed by atoms with van der Waals surface area (Å²) in [6.45, 7) is 2.48. The van der Waals surface area contributed by atoms with Crippen molar-refractivity contribution < 1.29 is 9.53 Å². The molecular weight excluding hydrogens is 274 g/mol. The number of para-hydroxylation sites is 1. The Labute approximate surface area is 129 Å². The summed E-state index contributed by atoms with van der Waals surface area (Å²) < 4.78 is 5.46. The Kier molecular flexibility index (Phi) is 4.05. The molecule has 0 aromatic heterocycles. The highest BCUT2D eigenvalue weighted by molar-refractivity contribution is 6.01. The first-order valence-corrected chi connectivity index (χ1v) is 7.31. The van der Waals surface area contributed by atoms with Gasteiger partial charge in [0.05, 0.1) is 5.69 Å². The average Bonchev–Trinajstić information content (AvgIpc) is 2.57. The Hall–Kier alpha value is -2.81. The Morgan fingerprint density at radius 2 is 1.59 bits per heavy atom. The van der Waals surface area contributed by atoms with Gasteiger partial charge in [-0.25, -0.2) is 4.79 Å². The fraction of sp³-hybridized carbons (Fsp3) is 0.105. The maximum atomic E-state index is 12.5. The average molecular weight is 291 g/mol. The highest BCUT2D eigenvalue weighted by atomic mass is 16.6. The number of ether oxygens (including phenoxy) is 1. The summed E-state index contributed by atoms with van der Waals surface area (Å²) in [6, 6.07) is 23.1. The normalized spacial score (nSPS) is 10.4. The van der Waals surface area contributed by atoms with Crippen LogP contribution in [0, 0.1) is 0 Å². The van der Waals surface area contributed by atoms with Gasteiger partial charge in [0, 0.05) is 11.9 Å². The molecule has 0 radical (unpaired) electrons. The van der Waals surface area contributed by atoms with E-state index in [1.54, 1.807) is 17.0 Å². The van der Waals surface area contributed by atoms with E-state index >= 15 is 0 Å². The van der Waals surface area contributed by atoms with Crippen LogP contribution in [0.2, 0.25) is 0 Å². The van der Waals surface area contributed by atoms with Crippen molar-refractivity contribution in [1.29, 1.82) is 0 Å². The van der Waals surface area contributed by atoms with Crippen LogP contribution in [0.1, 0.15) is 6.92 Å². The molecule has 0 bridgehead atoms. The van der Waals surface area contributed by atoms with Gasteiger partial charge >= 0.3 is 6.09 Å². The molecule has 0 aliphatic carbocycles. The molecule has 0 aliphatic heterocycles. The van der Waals surface area contributed by atoms with Crippen LogP contribution in [-0.2, 0) is 0 Å². The molecule has 3 nitrogen and oxygen atoms in total. The second-order valence-electron chi connectivity index (χ2n) is 4.92. The summed E-state index contributed by atoms with van der Waals surface area (Å²) in [7, 11) is 0. The molecule has 3 heteroatoms. The van der Waals surface area contributed by atoms with Gasteiger partial charge in [-0.1, -0.05) is 54.6 Å². The molecule has 3 rings (SSSR count). The summed E-state index contributed by atoms with van der Waals surface area (Å²) in [5.41, 5.74) is 0.863. The van der Waals surface area contributed by atoms with Crippen LogP contribution in [-0.4, -0.2) is 12.6 Å². The second-order valence-corrected chi connectivity index (χ2v) is 4.92. The predicted octanol–water partition coefficient (Wildman–Crippen LogP) is 4.87. The van der Waals surface area contributed by atoms with E-state index < -0.39 is 0 Å². The van der Waals surface area contributed by atoms with Gasteiger partial charge in [0.2, 0.25) is 0 Å². The van der Waals surface area contributed by atoms with Crippen molar-refractivity contribution >= 4 is 22.6 Å². The Morgan fingerprint density at radius 3 is 2.36 bits per heavy atom. The third kappa shape index (κ3) is 2.79. The van der Waals surface area contributed by atoms with Crippen LogP contribution in [0.25, 0.3) is 10.8 Å². The molecular formula is C19H17NO2. The zero-order valence-corrected chi connectivity index (χ0v) is 12.4. The first-order chi connectivity index (χ1) is 10.8. The number of carbonyl (C=O) groups excluding carboxylic acids is 1. The Balaban J connectivity index is 1.94. The lowest BCUT2D eigenvalue weighted by Gasteiger charge is -2.22. The minimum absolute atomic E-state index is 0.370. The molecule has 1 amide bonds. The van der Waals surface area contributed by atoms with Crippen molar-refractivity contribution in [3.8, 4) is 5.75 Å². The van der Waals surface area contributed by atoms with Crippen molar-refractivity contribution in [2.45, 2.75) is 6.92 Å². The number of benzene rings is 3. The number of fused-ring (bicyclic) bond motifs is 1. The Morgan fingerprint density at radius 1 is 0.909 bits per heavy atom. The topological polar surface area (TPSA) is 29.5 Å². The van der Waals surface area contributed by atoms with E-state index in [0.29, 0.717) is 12.3 Å². The maximum Gasteiger partial charge on any atom is 0.419 e. The summed E-state index contributed by atoms with van der Waals surface area (Å²) in [4.78, 5) is 14.1. The number of anilines is 1. The molecule has 110 valence electrons. The SMILES string of the molecule is CCN(C(=O)Oc1ccccc1)c1cccc2ccccc12. The fourth-order valence-corrected chi connectivity index (χ4v) is 2.49. The maximum absolute atomic E-state index is 12.5. The first kappa shape index (κ1) is 14.1. The minimum Gasteiger partial charge on any atom is -0.410 e. The number of nitrogens with zero attached hydrogens (tertiary/aromatic N) is 1. The molecule has 0 aliphatic rings. The lowest BCUT2D eigenvalue weighted by atomic mass is 10.1. The molecule has 0 atom stereocenters. The smallest absolute Gasteiger partial charge is 0.410 e. The number of carbonyl (C=O) groups is 1. The van der Waals surface area contributed by atoms with Gasteiger partial charge in [0.1, 0.15) is 5.75 Å². The molecule has 0 unspecified atom stereocenters. The van der Waals surface area contributed by atoms with Gasteiger partial charge in [-0.2, -0.15) is 0 Å². The molecule has 0 heterocycles. The van der Waals surface area contributed by atoms with Gasteiger partial charge in [-0.05, 0) is 30.5 Å². The summed E-state index contributed by atoms with van der Waals surface area (Å²) in [5.74, 6) is 0.547. The molecule has 3 aromatic rings. The number of hydrogen-bond donors (Lipinski definition) is 0. The van der Waals surface area contributed by atoms with Gasteiger partial charge < -0.3 is 4.74 Å². The zero-order valence-electron chi connectivity index (χ0n) is 12.4. The summed E-state index contributed by atoms with van der Waals surface area (Å²) in [6.07, 6.45) is -0.370. The van der Waals surface area contributed by atoms with E-state index in [4.69, 9.17) is 4.74 Å². The second kappa shape index (κ2) is 6.31. The molecule has 0 fully saturated rings. The van der Waals surface area contributed by atoms with Crippen molar-refractivity contribution in [3.05, 3.63) is 72.8 Å². The lowest BCUT2D eigenvalue weighted by Crippen LogP contribution is -2.33. The van der Waals surface area contributed by atoms with E-state index in [9.17, 15) is 4.79 Å². The van der Waals surface area contributed by atoms with E-state index in [2.05, 4.69) is 0 Å². The van der Waals surface area contributed by atoms with E-state index in [1.807, 2.05) is 67.6 Å². The van der Waals surface area contributed by atoms with Crippen molar-refractivity contribution in [3.63, 3.8) is 0 Å². The van der Waals surface area contributed by atoms with E-state index in [-0.39, 0.29) is 6.09 Å². The number of amides is 1. The Bertz CT molecular complexity index is 778. The van der Waals surface area contributed by atoms with Crippen LogP contribution < -0.4 is 9.64 Å². The molecule has 0 saturated heterocycles. The number of hydrogen-bond acceptors (Lipinski definition) is 2. The zero-order chi connectivity index (χ0) is 15.4. The lowest BCUT2D eigenvalue weighted by molar-refractivity contribution is 0.208.